The Kier molecular flexibility index (Phi) is 4.60. The number of nitrogens with zero attached hydrogens (tertiary/aromatic N) is 2. The number of aryl methyl sites for hydroxylation is 1. The van der Waals surface area contributed by atoms with Gasteiger partial charge in [0, 0.05) is 32.0 Å². The zero-order valence-electron chi connectivity index (χ0n) is 11.9. The van der Waals surface area contributed by atoms with Gasteiger partial charge in [-0.3, -0.25) is 9.78 Å². The molecule has 2 atom stereocenters. The van der Waals surface area contributed by atoms with Gasteiger partial charge in [-0.15, -0.1) is 0 Å². The molecule has 116 valence electrons. The fraction of sp³-hybridized carbons (Fsp3) is 0.538. The molecule has 0 aliphatic carbocycles. The summed E-state index contributed by atoms with van der Waals surface area (Å²) in [5, 5.41) is 9.26. The molecule has 8 heteroatoms. The summed E-state index contributed by atoms with van der Waals surface area (Å²) < 4.78 is 31.6. The Hall–Kier alpha value is -1.51. The number of carboxylic acid groups (broad SMARTS) is 1. The summed E-state index contributed by atoms with van der Waals surface area (Å²) in [6, 6.07) is 0.377. The Morgan fingerprint density at radius 2 is 2.24 bits per heavy atom. The predicted octanol–water partition coefficient (Wildman–Crippen LogP) is 0.643. The molecule has 2 heterocycles. The van der Waals surface area contributed by atoms with Crippen LogP contribution in [-0.4, -0.2) is 54.1 Å². The lowest BCUT2D eigenvalue weighted by atomic mass is 10.2. The van der Waals surface area contributed by atoms with Crippen molar-refractivity contribution in [1.29, 1.82) is 0 Å². The van der Waals surface area contributed by atoms with E-state index in [4.69, 9.17) is 4.74 Å². The summed E-state index contributed by atoms with van der Waals surface area (Å²) in [6.07, 6.45) is 2.53. The number of hydrogen-bond acceptors (Lipinski definition) is 5. The van der Waals surface area contributed by atoms with Gasteiger partial charge >= 0.3 is 5.97 Å². The third kappa shape index (κ3) is 3.22. The van der Waals surface area contributed by atoms with E-state index in [1.54, 1.807) is 20.0 Å². The van der Waals surface area contributed by atoms with Gasteiger partial charge in [-0.1, -0.05) is 0 Å². The average Bonchev–Trinajstić information content (AvgIpc) is 2.84. The van der Waals surface area contributed by atoms with Crippen molar-refractivity contribution in [2.75, 3.05) is 13.2 Å². The summed E-state index contributed by atoms with van der Waals surface area (Å²) in [6.45, 7) is 3.98. The minimum absolute atomic E-state index is 0.00546. The molecule has 1 aliphatic rings. The summed E-state index contributed by atoms with van der Waals surface area (Å²) in [4.78, 5) is 15.2. The molecule has 1 fully saturated rings. The Labute approximate surface area is 123 Å². The number of aromatic nitrogens is 1. The van der Waals surface area contributed by atoms with E-state index in [1.165, 1.54) is 12.3 Å². The molecular formula is C13H18N2O5S. The number of ether oxygens (including phenoxy) is 1. The van der Waals surface area contributed by atoms with Gasteiger partial charge in [-0.25, -0.2) is 8.42 Å². The number of carbonyl (C=O) groups is 1. The van der Waals surface area contributed by atoms with Gasteiger partial charge in [-0.05, 0) is 25.5 Å². The molecule has 0 amide bonds. The second-order valence-electron chi connectivity index (χ2n) is 4.94. The zero-order valence-corrected chi connectivity index (χ0v) is 12.7. The highest BCUT2D eigenvalue weighted by molar-refractivity contribution is 7.89. The molecule has 0 aromatic carbocycles. The number of carboxylic acids is 1. The molecule has 7 nitrogen and oxygen atoms in total. The first-order valence-electron chi connectivity index (χ1n) is 6.64. The molecule has 1 aromatic heterocycles. The lowest BCUT2D eigenvalue weighted by Gasteiger charge is -2.20. The summed E-state index contributed by atoms with van der Waals surface area (Å²) in [7, 11) is -3.90. The average molecular weight is 314 g/mol. The number of sulfonamides is 1. The van der Waals surface area contributed by atoms with E-state index in [0.29, 0.717) is 12.2 Å². The van der Waals surface area contributed by atoms with Crippen LogP contribution in [-0.2, 0) is 19.6 Å². The standard InChI is InChI=1S/C13H18N2O5S/c1-3-20-10-5-12(13(16)17)15(8-10)21(18,19)11-4-9(2)6-14-7-11/h4,6-7,10,12H,3,5,8H2,1-2H3,(H,16,17)/t10-,12+/m1/s1. The molecule has 21 heavy (non-hydrogen) atoms. The van der Waals surface area contributed by atoms with Crippen molar-refractivity contribution in [3.05, 3.63) is 24.0 Å². The molecule has 1 N–H and O–H groups in total. The molecule has 0 spiro atoms. The molecule has 1 aliphatic heterocycles. The number of hydrogen-bond donors (Lipinski definition) is 1. The highest BCUT2D eigenvalue weighted by Crippen LogP contribution is 2.28. The van der Waals surface area contributed by atoms with Crippen molar-refractivity contribution in [2.45, 2.75) is 37.3 Å². The van der Waals surface area contributed by atoms with Crippen molar-refractivity contribution in [1.82, 2.24) is 9.29 Å². The van der Waals surface area contributed by atoms with Crippen molar-refractivity contribution >= 4 is 16.0 Å². The first-order chi connectivity index (χ1) is 9.86. The van der Waals surface area contributed by atoms with Gasteiger partial charge in [0.25, 0.3) is 0 Å². The van der Waals surface area contributed by atoms with Crippen LogP contribution in [0.5, 0.6) is 0 Å². The Morgan fingerprint density at radius 1 is 1.52 bits per heavy atom. The molecule has 1 saturated heterocycles. The number of rotatable bonds is 5. The molecule has 0 radical (unpaired) electrons. The van der Waals surface area contributed by atoms with Gasteiger partial charge in [0.1, 0.15) is 10.9 Å². The second-order valence-corrected chi connectivity index (χ2v) is 6.83. The lowest BCUT2D eigenvalue weighted by molar-refractivity contribution is -0.140. The maximum absolute atomic E-state index is 12.6. The highest BCUT2D eigenvalue weighted by atomic mass is 32.2. The highest BCUT2D eigenvalue weighted by Gasteiger charge is 2.44. The smallest absolute Gasteiger partial charge is 0.322 e. The van der Waals surface area contributed by atoms with Crippen LogP contribution in [0.3, 0.4) is 0 Å². The zero-order chi connectivity index (χ0) is 15.6. The van der Waals surface area contributed by atoms with Crippen LogP contribution in [0.15, 0.2) is 23.4 Å². The predicted molar refractivity (Wildman–Crippen MR) is 74.3 cm³/mol. The Morgan fingerprint density at radius 3 is 2.81 bits per heavy atom. The van der Waals surface area contributed by atoms with E-state index in [9.17, 15) is 18.3 Å². The molecule has 0 saturated carbocycles. The molecule has 0 unspecified atom stereocenters. The summed E-state index contributed by atoms with van der Waals surface area (Å²) in [5.74, 6) is -1.17. The fourth-order valence-corrected chi connectivity index (χ4v) is 4.09. The van der Waals surface area contributed by atoms with Crippen molar-refractivity contribution in [2.24, 2.45) is 0 Å². The maximum Gasteiger partial charge on any atom is 0.322 e. The molecular weight excluding hydrogens is 296 g/mol. The monoisotopic (exact) mass is 314 g/mol. The van der Waals surface area contributed by atoms with E-state index in [-0.39, 0.29) is 17.9 Å². The minimum atomic E-state index is -3.90. The molecule has 2 rings (SSSR count). The SMILES string of the molecule is CCO[C@@H]1C[C@@H](C(=O)O)N(S(=O)(=O)c2cncc(C)c2)C1. The van der Waals surface area contributed by atoms with Crippen LogP contribution in [0, 0.1) is 6.92 Å². The summed E-state index contributed by atoms with van der Waals surface area (Å²) in [5.41, 5.74) is 0.698. The fourth-order valence-electron chi connectivity index (χ4n) is 2.42. The van der Waals surface area contributed by atoms with Crippen molar-refractivity contribution < 1.29 is 23.1 Å². The van der Waals surface area contributed by atoms with E-state index in [2.05, 4.69) is 4.98 Å². The van der Waals surface area contributed by atoms with Gasteiger partial charge < -0.3 is 9.84 Å². The van der Waals surface area contributed by atoms with E-state index >= 15 is 0 Å². The van der Waals surface area contributed by atoms with Crippen LogP contribution >= 0.6 is 0 Å². The van der Waals surface area contributed by atoms with Gasteiger partial charge in [-0.2, -0.15) is 4.31 Å². The van der Waals surface area contributed by atoms with Crippen LogP contribution in [0.2, 0.25) is 0 Å². The Bertz CT molecular complexity index is 631. The number of aliphatic carboxylic acids is 1. The molecule has 0 bridgehead atoms. The second kappa shape index (κ2) is 6.08. The largest absolute Gasteiger partial charge is 0.480 e. The van der Waals surface area contributed by atoms with Crippen molar-refractivity contribution in [3.63, 3.8) is 0 Å². The van der Waals surface area contributed by atoms with Gasteiger partial charge in [0.05, 0.1) is 6.10 Å². The third-order valence-corrected chi connectivity index (χ3v) is 5.20. The topological polar surface area (TPSA) is 96.8 Å². The van der Waals surface area contributed by atoms with E-state index < -0.39 is 28.1 Å². The van der Waals surface area contributed by atoms with Gasteiger partial charge in [0.15, 0.2) is 0 Å². The van der Waals surface area contributed by atoms with Crippen LogP contribution in [0.4, 0.5) is 0 Å². The van der Waals surface area contributed by atoms with Crippen LogP contribution in [0.25, 0.3) is 0 Å². The maximum atomic E-state index is 12.6. The van der Waals surface area contributed by atoms with Gasteiger partial charge in [0.2, 0.25) is 10.0 Å². The normalized spacial score (nSPS) is 23.3. The van der Waals surface area contributed by atoms with Crippen LogP contribution < -0.4 is 0 Å². The quantitative estimate of drug-likeness (QED) is 0.857. The molecule has 1 aromatic rings. The third-order valence-electron chi connectivity index (χ3n) is 3.36. The van der Waals surface area contributed by atoms with E-state index in [0.717, 1.165) is 4.31 Å². The minimum Gasteiger partial charge on any atom is -0.480 e. The van der Waals surface area contributed by atoms with Crippen LogP contribution in [0.1, 0.15) is 18.9 Å². The first-order valence-corrected chi connectivity index (χ1v) is 8.08. The first kappa shape index (κ1) is 15.9. The van der Waals surface area contributed by atoms with E-state index in [1.807, 2.05) is 0 Å². The Balaban J connectivity index is 2.35. The summed E-state index contributed by atoms with van der Waals surface area (Å²) >= 11 is 0. The van der Waals surface area contributed by atoms with Crippen molar-refractivity contribution in [3.8, 4) is 0 Å². The lowest BCUT2D eigenvalue weighted by Crippen LogP contribution is -2.40. The number of pyridine rings is 1.